The van der Waals surface area contributed by atoms with Crippen LogP contribution in [0.2, 0.25) is 0 Å². The van der Waals surface area contributed by atoms with Gasteiger partial charge >= 0.3 is 5.97 Å². The number of nitrogens with zero attached hydrogens (tertiary/aromatic N) is 3. The highest BCUT2D eigenvalue weighted by atomic mass is 127. The van der Waals surface area contributed by atoms with Crippen molar-refractivity contribution in [2.24, 2.45) is 0 Å². The molecule has 7 nitrogen and oxygen atoms in total. The number of carboxylic acid groups (broad SMARTS) is 1. The molecule has 1 atom stereocenters. The minimum atomic E-state index is -0.936. The monoisotopic (exact) mass is 546 g/mol. The molecule has 0 aliphatic carbocycles. The zero-order valence-electron chi connectivity index (χ0n) is 17.8. The van der Waals surface area contributed by atoms with E-state index in [2.05, 4.69) is 62.5 Å². The molecule has 168 valence electrons. The maximum absolute atomic E-state index is 12.0. The first-order chi connectivity index (χ1) is 15.5. The van der Waals surface area contributed by atoms with Crippen LogP contribution < -0.4 is 5.32 Å². The highest BCUT2D eigenvalue weighted by Gasteiger charge is 2.21. The molecule has 3 aromatic rings. The van der Waals surface area contributed by atoms with Crippen molar-refractivity contribution in [3.05, 3.63) is 69.9 Å². The Morgan fingerprint density at radius 3 is 2.50 bits per heavy atom. The summed E-state index contributed by atoms with van der Waals surface area (Å²) in [5.41, 5.74) is 2.78. The maximum Gasteiger partial charge on any atom is 0.328 e. The lowest BCUT2D eigenvalue weighted by Crippen LogP contribution is -2.25. The molecule has 0 aliphatic rings. The second kappa shape index (κ2) is 12.3. The normalized spacial score (nSPS) is 11.8. The molecule has 1 heterocycles. The van der Waals surface area contributed by atoms with Crippen molar-refractivity contribution in [2.75, 3.05) is 6.54 Å². The van der Waals surface area contributed by atoms with Crippen LogP contribution in [-0.2, 0) is 16.0 Å². The molecular formula is C24H27IN4O3. The summed E-state index contributed by atoms with van der Waals surface area (Å²) < 4.78 is 2.61. The van der Waals surface area contributed by atoms with Gasteiger partial charge in [0.1, 0.15) is 5.69 Å². The van der Waals surface area contributed by atoms with E-state index in [0.29, 0.717) is 37.9 Å². The molecule has 32 heavy (non-hydrogen) atoms. The number of carboxylic acids is 1. The van der Waals surface area contributed by atoms with Crippen molar-refractivity contribution in [1.82, 2.24) is 20.3 Å². The summed E-state index contributed by atoms with van der Waals surface area (Å²) in [5.74, 6) is -0.900. The second-order valence-electron chi connectivity index (χ2n) is 7.63. The average molecular weight is 546 g/mol. The quantitative estimate of drug-likeness (QED) is 0.258. The fraction of sp³-hybridized carbons (Fsp3) is 0.333. The van der Waals surface area contributed by atoms with E-state index < -0.39 is 12.0 Å². The first-order valence-electron chi connectivity index (χ1n) is 10.7. The van der Waals surface area contributed by atoms with Gasteiger partial charge in [-0.15, -0.1) is 5.10 Å². The highest BCUT2D eigenvalue weighted by Crippen LogP contribution is 2.20. The number of aromatic nitrogens is 3. The zero-order valence-corrected chi connectivity index (χ0v) is 19.9. The van der Waals surface area contributed by atoms with Gasteiger partial charge in [0.2, 0.25) is 5.91 Å². The molecule has 3 rings (SSSR count). The standard InChI is InChI=1S/C24H27IN4O3/c25-20-14-12-18(13-15-20)7-6-11-23(30)26-16-5-4-10-22(24(31)32)29-17-21(27-28-29)19-8-2-1-3-9-19/h1-3,8-9,12-15,17,22H,4-7,10-11,16H2,(H,26,30)(H,31,32)/t22-/m1/s1. The first-order valence-corrected chi connectivity index (χ1v) is 11.8. The van der Waals surface area contributed by atoms with Gasteiger partial charge in [-0.1, -0.05) is 47.7 Å². The van der Waals surface area contributed by atoms with E-state index in [-0.39, 0.29) is 5.91 Å². The van der Waals surface area contributed by atoms with Crippen LogP contribution in [-0.4, -0.2) is 38.5 Å². The van der Waals surface area contributed by atoms with Crippen LogP contribution in [0.4, 0.5) is 0 Å². The minimum Gasteiger partial charge on any atom is -0.480 e. The number of hydrogen-bond acceptors (Lipinski definition) is 4. The average Bonchev–Trinajstić information content (AvgIpc) is 3.27. The molecule has 0 fully saturated rings. The van der Waals surface area contributed by atoms with Gasteiger partial charge in [0, 0.05) is 22.1 Å². The number of nitrogens with one attached hydrogen (secondary N) is 1. The van der Waals surface area contributed by atoms with E-state index in [1.54, 1.807) is 6.20 Å². The van der Waals surface area contributed by atoms with Crippen molar-refractivity contribution in [2.45, 2.75) is 44.6 Å². The summed E-state index contributed by atoms with van der Waals surface area (Å²) in [6, 6.07) is 17.1. The molecule has 2 N–H and O–H groups in total. The summed E-state index contributed by atoms with van der Waals surface area (Å²) in [5, 5.41) is 20.6. The van der Waals surface area contributed by atoms with E-state index >= 15 is 0 Å². The Morgan fingerprint density at radius 2 is 1.78 bits per heavy atom. The third kappa shape index (κ3) is 7.44. The van der Waals surface area contributed by atoms with E-state index in [4.69, 9.17) is 0 Å². The Bertz CT molecular complexity index is 1010. The number of unbranched alkanes of at least 4 members (excludes halogenated alkanes) is 1. The highest BCUT2D eigenvalue weighted by molar-refractivity contribution is 14.1. The van der Waals surface area contributed by atoms with Crippen LogP contribution in [0.3, 0.4) is 0 Å². The second-order valence-corrected chi connectivity index (χ2v) is 8.88. The van der Waals surface area contributed by atoms with Crippen LogP contribution >= 0.6 is 22.6 Å². The molecule has 0 spiro atoms. The van der Waals surface area contributed by atoms with Gasteiger partial charge in [-0.2, -0.15) is 0 Å². The van der Waals surface area contributed by atoms with E-state index in [1.165, 1.54) is 13.8 Å². The lowest BCUT2D eigenvalue weighted by atomic mass is 10.1. The third-order valence-corrected chi connectivity index (χ3v) is 5.91. The molecule has 0 unspecified atom stereocenters. The van der Waals surface area contributed by atoms with Crippen LogP contribution in [0.5, 0.6) is 0 Å². The van der Waals surface area contributed by atoms with Gasteiger partial charge in [-0.3, -0.25) is 4.79 Å². The van der Waals surface area contributed by atoms with Gasteiger partial charge in [0.25, 0.3) is 0 Å². The summed E-state index contributed by atoms with van der Waals surface area (Å²) in [7, 11) is 0. The first kappa shape index (κ1) is 23.9. The van der Waals surface area contributed by atoms with E-state index in [9.17, 15) is 14.7 Å². The zero-order chi connectivity index (χ0) is 22.8. The van der Waals surface area contributed by atoms with E-state index in [1.807, 2.05) is 30.3 Å². The number of halogens is 1. The Morgan fingerprint density at radius 1 is 1.03 bits per heavy atom. The lowest BCUT2D eigenvalue weighted by Gasteiger charge is -2.12. The Hall–Kier alpha value is -2.75. The predicted octanol–water partition coefficient (Wildman–Crippen LogP) is 4.48. The van der Waals surface area contributed by atoms with Crippen molar-refractivity contribution < 1.29 is 14.7 Å². The lowest BCUT2D eigenvalue weighted by molar-refractivity contribution is -0.141. The molecular weight excluding hydrogens is 519 g/mol. The van der Waals surface area contributed by atoms with Crippen molar-refractivity contribution >= 4 is 34.5 Å². The fourth-order valence-electron chi connectivity index (χ4n) is 3.42. The number of rotatable bonds is 12. The number of carbonyl (C=O) groups is 2. The molecule has 0 aliphatic heterocycles. The molecule has 0 bridgehead atoms. The number of aliphatic carboxylic acids is 1. The van der Waals surface area contributed by atoms with Crippen molar-refractivity contribution in [3.63, 3.8) is 0 Å². The van der Waals surface area contributed by atoms with Crippen molar-refractivity contribution in [1.29, 1.82) is 0 Å². The Labute approximate surface area is 201 Å². The molecule has 8 heteroatoms. The number of amides is 1. The molecule has 1 amide bonds. The van der Waals surface area contributed by atoms with Crippen LogP contribution in [0, 0.1) is 3.57 Å². The maximum atomic E-state index is 12.0. The summed E-state index contributed by atoms with van der Waals surface area (Å²) in [4.78, 5) is 23.7. The topological polar surface area (TPSA) is 97.1 Å². The molecule has 1 aromatic heterocycles. The molecule has 0 saturated carbocycles. The number of carbonyl (C=O) groups excluding carboxylic acids is 1. The van der Waals surface area contributed by atoms with Gasteiger partial charge in [-0.25, -0.2) is 9.48 Å². The largest absolute Gasteiger partial charge is 0.480 e. The van der Waals surface area contributed by atoms with Crippen molar-refractivity contribution in [3.8, 4) is 11.3 Å². The minimum absolute atomic E-state index is 0.0362. The smallest absolute Gasteiger partial charge is 0.328 e. The SMILES string of the molecule is O=C(CCCc1ccc(I)cc1)NCCCC[C@H](C(=O)O)n1cc(-c2ccccc2)nn1. The summed E-state index contributed by atoms with van der Waals surface area (Å²) >= 11 is 2.28. The molecule has 0 radical (unpaired) electrons. The van der Waals surface area contributed by atoms with Gasteiger partial charge in [0.05, 0.1) is 6.20 Å². The number of hydrogen-bond donors (Lipinski definition) is 2. The van der Waals surface area contributed by atoms with Crippen LogP contribution in [0.25, 0.3) is 11.3 Å². The van der Waals surface area contributed by atoms with E-state index in [0.717, 1.165) is 18.4 Å². The third-order valence-electron chi connectivity index (χ3n) is 5.19. The number of aryl methyl sites for hydroxylation is 1. The summed E-state index contributed by atoms with van der Waals surface area (Å²) in [6.45, 7) is 0.543. The van der Waals surface area contributed by atoms with Crippen LogP contribution in [0.1, 0.15) is 43.7 Å². The summed E-state index contributed by atoms with van der Waals surface area (Å²) in [6.07, 6.45) is 5.66. The van der Waals surface area contributed by atoms with Gasteiger partial charge < -0.3 is 10.4 Å². The molecule has 0 saturated heterocycles. The fourth-order valence-corrected chi connectivity index (χ4v) is 3.78. The van der Waals surface area contributed by atoms with Gasteiger partial charge in [-0.05, 0) is 72.4 Å². The Kier molecular flexibility index (Phi) is 9.21. The Balaban J connectivity index is 1.36. The predicted molar refractivity (Wildman–Crippen MR) is 131 cm³/mol. The number of benzene rings is 2. The van der Waals surface area contributed by atoms with Crippen LogP contribution in [0.15, 0.2) is 60.8 Å². The van der Waals surface area contributed by atoms with Gasteiger partial charge in [0.15, 0.2) is 6.04 Å². The molecule has 2 aromatic carbocycles.